The van der Waals surface area contributed by atoms with E-state index in [1.165, 1.54) is 0 Å². The van der Waals surface area contributed by atoms with Gasteiger partial charge in [0.1, 0.15) is 0 Å². The second-order valence-corrected chi connectivity index (χ2v) is 5.90. The molecule has 1 aromatic carbocycles. The molecule has 0 saturated carbocycles. The van der Waals surface area contributed by atoms with Gasteiger partial charge in [0.05, 0.1) is 17.8 Å². The van der Waals surface area contributed by atoms with Crippen LogP contribution in [0.1, 0.15) is 28.5 Å². The molecule has 2 rings (SSSR count). The number of aromatic nitrogens is 2. The van der Waals surface area contributed by atoms with Crippen molar-refractivity contribution in [2.75, 3.05) is 19.6 Å². The quantitative estimate of drug-likeness (QED) is 0.225. The summed E-state index contributed by atoms with van der Waals surface area (Å²) in [6.07, 6.45) is -2.72. The minimum atomic E-state index is -4.42. The summed E-state index contributed by atoms with van der Waals surface area (Å²) in [5, 5.41) is 12.9. The maximum Gasteiger partial charge on any atom is 0.416 e. The molecule has 0 bridgehead atoms. The van der Waals surface area contributed by atoms with Gasteiger partial charge >= 0.3 is 6.18 Å². The van der Waals surface area contributed by atoms with E-state index in [-0.39, 0.29) is 36.1 Å². The van der Waals surface area contributed by atoms with Crippen LogP contribution < -0.4 is 16.0 Å². The molecule has 29 heavy (non-hydrogen) atoms. The van der Waals surface area contributed by atoms with E-state index in [2.05, 4.69) is 26.0 Å². The minimum Gasteiger partial charge on any atom is -0.357 e. The van der Waals surface area contributed by atoms with E-state index in [0.717, 1.165) is 30.0 Å². The smallest absolute Gasteiger partial charge is 0.357 e. The molecule has 0 fully saturated rings. The van der Waals surface area contributed by atoms with Crippen LogP contribution in [0.25, 0.3) is 0 Å². The van der Waals surface area contributed by atoms with Crippen LogP contribution in [0.4, 0.5) is 13.2 Å². The first-order valence-corrected chi connectivity index (χ1v) is 8.75. The van der Waals surface area contributed by atoms with Crippen molar-refractivity contribution in [3.05, 3.63) is 53.3 Å². The van der Waals surface area contributed by atoms with Crippen molar-refractivity contribution in [1.29, 1.82) is 0 Å². The fourth-order valence-corrected chi connectivity index (χ4v) is 2.33. The zero-order valence-corrected chi connectivity index (χ0v) is 18.4. The summed E-state index contributed by atoms with van der Waals surface area (Å²) in [5.41, 5.74) is 0.336. The summed E-state index contributed by atoms with van der Waals surface area (Å²) in [7, 11) is 1.84. The molecule has 0 radical (unpaired) electrons. The Balaban J connectivity index is 0.00000420. The maximum absolute atomic E-state index is 12.6. The lowest BCUT2D eigenvalue weighted by atomic mass is 10.1. The minimum absolute atomic E-state index is 0. The van der Waals surface area contributed by atoms with Gasteiger partial charge in [0, 0.05) is 38.4 Å². The number of halogens is 4. The molecule has 7 nitrogen and oxygen atoms in total. The first-order valence-electron chi connectivity index (χ1n) is 8.75. The Morgan fingerprint density at radius 1 is 1.10 bits per heavy atom. The molecular weight excluding hydrogens is 500 g/mol. The lowest BCUT2D eigenvalue weighted by Crippen LogP contribution is -2.41. The highest BCUT2D eigenvalue weighted by Crippen LogP contribution is 2.28. The van der Waals surface area contributed by atoms with Crippen molar-refractivity contribution in [3.63, 3.8) is 0 Å². The van der Waals surface area contributed by atoms with Crippen LogP contribution in [0.3, 0.4) is 0 Å². The van der Waals surface area contributed by atoms with Crippen molar-refractivity contribution >= 4 is 35.8 Å². The van der Waals surface area contributed by atoms with Crippen LogP contribution in [-0.2, 0) is 19.8 Å². The van der Waals surface area contributed by atoms with E-state index in [9.17, 15) is 18.0 Å². The Kier molecular flexibility index (Phi) is 9.92. The number of nitrogens with zero attached hydrogens (tertiary/aromatic N) is 3. The van der Waals surface area contributed by atoms with Crippen molar-refractivity contribution in [3.8, 4) is 0 Å². The van der Waals surface area contributed by atoms with Crippen LogP contribution >= 0.6 is 24.0 Å². The number of aryl methyl sites for hydroxylation is 1. The van der Waals surface area contributed by atoms with Crippen LogP contribution in [0.5, 0.6) is 0 Å². The Morgan fingerprint density at radius 3 is 2.31 bits per heavy atom. The molecule has 0 spiro atoms. The highest BCUT2D eigenvalue weighted by molar-refractivity contribution is 14.0. The number of alkyl halides is 3. The molecule has 160 valence electrons. The third kappa shape index (κ3) is 7.91. The van der Waals surface area contributed by atoms with Gasteiger partial charge in [0.15, 0.2) is 5.96 Å². The molecule has 1 amide bonds. The van der Waals surface area contributed by atoms with Gasteiger partial charge in [-0.1, -0.05) is 0 Å². The average molecular weight is 524 g/mol. The standard InChI is InChI=1S/C18H23F3N6O.HI/c1-3-22-17(25-12-15-8-9-26-27(15)2)24-11-10-23-16(28)13-4-6-14(7-5-13)18(19,20)21;/h4-9H,3,10-12H2,1-2H3,(H,23,28)(H2,22,24,25);1H. The first kappa shape index (κ1) is 24.7. The third-order valence-corrected chi connectivity index (χ3v) is 3.84. The number of carbonyl (C=O) groups is 1. The molecule has 0 saturated heterocycles. The molecule has 1 heterocycles. The second-order valence-electron chi connectivity index (χ2n) is 5.90. The number of carbonyl (C=O) groups excluding carboxylic acids is 1. The van der Waals surface area contributed by atoms with E-state index in [1.54, 1.807) is 10.9 Å². The lowest BCUT2D eigenvalue weighted by molar-refractivity contribution is -0.137. The first-order chi connectivity index (χ1) is 13.3. The fraction of sp³-hybridized carbons (Fsp3) is 0.389. The fourth-order valence-electron chi connectivity index (χ4n) is 2.33. The summed E-state index contributed by atoms with van der Waals surface area (Å²) in [4.78, 5) is 16.5. The van der Waals surface area contributed by atoms with Gasteiger partial charge in [-0.3, -0.25) is 9.48 Å². The molecule has 0 aliphatic rings. The van der Waals surface area contributed by atoms with Gasteiger partial charge in [0.2, 0.25) is 0 Å². The highest BCUT2D eigenvalue weighted by Gasteiger charge is 2.30. The monoisotopic (exact) mass is 524 g/mol. The number of benzene rings is 1. The largest absolute Gasteiger partial charge is 0.416 e. The van der Waals surface area contributed by atoms with E-state index in [4.69, 9.17) is 0 Å². The van der Waals surface area contributed by atoms with Gasteiger partial charge in [-0.15, -0.1) is 24.0 Å². The summed E-state index contributed by atoms with van der Waals surface area (Å²) in [5.74, 6) is 0.153. The Labute approximate surface area is 184 Å². The maximum atomic E-state index is 12.6. The number of hydrogen-bond acceptors (Lipinski definition) is 3. The number of amides is 1. The van der Waals surface area contributed by atoms with Crippen molar-refractivity contribution < 1.29 is 18.0 Å². The summed E-state index contributed by atoms with van der Waals surface area (Å²) in [6.45, 7) is 3.76. The molecule has 0 aliphatic heterocycles. The number of rotatable bonds is 7. The zero-order valence-electron chi connectivity index (χ0n) is 16.1. The molecule has 0 aliphatic carbocycles. The van der Waals surface area contributed by atoms with Gasteiger partial charge in [-0.05, 0) is 37.3 Å². The Morgan fingerprint density at radius 2 is 1.76 bits per heavy atom. The zero-order chi connectivity index (χ0) is 20.6. The average Bonchev–Trinajstić information content (AvgIpc) is 3.07. The SMILES string of the molecule is CCNC(=NCc1ccnn1C)NCCNC(=O)c1ccc(C(F)(F)F)cc1.I. The van der Waals surface area contributed by atoms with Gasteiger partial charge in [-0.2, -0.15) is 18.3 Å². The van der Waals surface area contributed by atoms with Gasteiger partial charge < -0.3 is 16.0 Å². The summed E-state index contributed by atoms with van der Waals surface area (Å²) in [6, 6.07) is 5.97. The highest BCUT2D eigenvalue weighted by atomic mass is 127. The molecule has 0 unspecified atom stereocenters. The number of aliphatic imine (C=N–C) groups is 1. The Bertz CT molecular complexity index is 805. The number of hydrogen-bond donors (Lipinski definition) is 3. The van der Waals surface area contributed by atoms with Gasteiger partial charge in [0.25, 0.3) is 5.91 Å². The topological polar surface area (TPSA) is 83.3 Å². The Hall–Kier alpha value is -2.31. The molecule has 11 heteroatoms. The van der Waals surface area contributed by atoms with Crippen molar-refractivity contribution in [1.82, 2.24) is 25.7 Å². The predicted octanol–water partition coefficient (Wildman–Crippen LogP) is 2.54. The van der Waals surface area contributed by atoms with Crippen LogP contribution in [0.15, 0.2) is 41.5 Å². The predicted molar refractivity (Wildman–Crippen MR) is 115 cm³/mol. The molecule has 1 aromatic heterocycles. The molecule has 3 N–H and O–H groups in total. The van der Waals surface area contributed by atoms with E-state index < -0.39 is 17.6 Å². The summed E-state index contributed by atoms with van der Waals surface area (Å²) >= 11 is 0. The van der Waals surface area contributed by atoms with Crippen LogP contribution in [0, 0.1) is 0 Å². The third-order valence-electron chi connectivity index (χ3n) is 3.84. The number of nitrogens with one attached hydrogen (secondary N) is 3. The van der Waals surface area contributed by atoms with Crippen LogP contribution in [-0.4, -0.2) is 41.3 Å². The van der Waals surface area contributed by atoms with Crippen molar-refractivity contribution in [2.24, 2.45) is 12.0 Å². The van der Waals surface area contributed by atoms with Crippen LogP contribution in [0.2, 0.25) is 0 Å². The number of guanidine groups is 1. The molecular formula is C18H24F3IN6O. The van der Waals surface area contributed by atoms with E-state index in [1.807, 2.05) is 20.0 Å². The normalized spacial score (nSPS) is 11.6. The van der Waals surface area contributed by atoms with E-state index in [0.29, 0.717) is 25.6 Å². The van der Waals surface area contributed by atoms with E-state index >= 15 is 0 Å². The van der Waals surface area contributed by atoms with Gasteiger partial charge in [-0.25, -0.2) is 4.99 Å². The second kappa shape index (κ2) is 11.6. The summed E-state index contributed by atoms with van der Waals surface area (Å²) < 4.78 is 39.4. The molecule has 2 aromatic rings. The lowest BCUT2D eigenvalue weighted by Gasteiger charge is -2.12. The van der Waals surface area contributed by atoms with Crippen molar-refractivity contribution in [2.45, 2.75) is 19.6 Å². The molecule has 0 atom stereocenters.